The molecule has 0 unspecified atom stereocenters. The van der Waals surface area contributed by atoms with Gasteiger partial charge < -0.3 is 15.7 Å². The fourth-order valence-electron chi connectivity index (χ4n) is 1.69. The number of benzene rings is 2. The number of halogens is 1. The molecule has 21 heavy (non-hydrogen) atoms. The van der Waals surface area contributed by atoms with Crippen molar-refractivity contribution in [3.05, 3.63) is 64.3 Å². The fourth-order valence-corrected chi connectivity index (χ4v) is 1.96. The van der Waals surface area contributed by atoms with Crippen molar-refractivity contribution in [2.24, 2.45) is 0 Å². The van der Waals surface area contributed by atoms with Crippen molar-refractivity contribution in [3.63, 3.8) is 0 Å². The number of nitrogens with one attached hydrogen (secondary N) is 2. The quantitative estimate of drug-likeness (QED) is 0.727. The van der Waals surface area contributed by atoms with Crippen LogP contribution in [0.25, 0.3) is 6.08 Å². The molecule has 0 aliphatic carbocycles. The van der Waals surface area contributed by atoms with Gasteiger partial charge in [0, 0.05) is 10.7 Å². The summed E-state index contributed by atoms with van der Waals surface area (Å²) in [5, 5.41) is 14.9. The summed E-state index contributed by atoms with van der Waals surface area (Å²) in [5.41, 5.74) is 2.26. The molecule has 0 saturated heterocycles. The Hall–Kier alpha value is -2.27. The van der Waals surface area contributed by atoms with Crippen LogP contribution in [0.5, 0.6) is 5.75 Å². The van der Waals surface area contributed by atoms with Crippen LogP contribution in [0, 0.1) is 6.92 Å². The van der Waals surface area contributed by atoms with Crippen LogP contribution in [0.3, 0.4) is 0 Å². The van der Waals surface area contributed by atoms with Crippen molar-refractivity contribution in [2.75, 3.05) is 5.32 Å². The van der Waals surface area contributed by atoms with E-state index < -0.39 is 6.03 Å². The van der Waals surface area contributed by atoms with Gasteiger partial charge in [0.25, 0.3) is 0 Å². The van der Waals surface area contributed by atoms with E-state index >= 15 is 0 Å². The third-order valence-corrected chi connectivity index (χ3v) is 3.29. The third kappa shape index (κ3) is 4.65. The standard InChI is InChI=1S/C16H15BrN2O2/c1-11-2-7-14(15(20)10-11)19-16(21)18-9-8-12-3-5-13(17)6-4-12/h2-10,20H,1H3,(H2,18,19,21)/b9-8+. The number of rotatable bonds is 3. The second kappa shape index (κ2) is 6.95. The number of anilines is 1. The van der Waals surface area contributed by atoms with Gasteiger partial charge in [-0.15, -0.1) is 0 Å². The lowest BCUT2D eigenvalue weighted by Crippen LogP contribution is -2.23. The Morgan fingerprint density at radius 1 is 1.19 bits per heavy atom. The number of urea groups is 1. The maximum absolute atomic E-state index is 11.7. The van der Waals surface area contributed by atoms with Crippen LogP contribution >= 0.6 is 15.9 Å². The van der Waals surface area contributed by atoms with Crippen molar-refractivity contribution in [3.8, 4) is 5.75 Å². The predicted molar refractivity (Wildman–Crippen MR) is 88.2 cm³/mol. The molecule has 108 valence electrons. The molecule has 4 nitrogen and oxygen atoms in total. The van der Waals surface area contributed by atoms with Crippen LogP contribution in [0.1, 0.15) is 11.1 Å². The first-order valence-electron chi connectivity index (χ1n) is 6.34. The molecule has 5 heteroatoms. The first kappa shape index (κ1) is 15.1. The summed E-state index contributed by atoms with van der Waals surface area (Å²) >= 11 is 3.36. The Kier molecular flexibility index (Phi) is 5.00. The zero-order valence-corrected chi connectivity index (χ0v) is 13.0. The van der Waals surface area contributed by atoms with E-state index in [1.807, 2.05) is 37.3 Å². The molecule has 0 radical (unpaired) electrons. The Labute approximate surface area is 131 Å². The molecular formula is C16H15BrN2O2. The highest BCUT2D eigenvalue weighted by molar-refractivity contribution is 9.10. The number of aromatic hydroxyl groups is 1. The Balaban J connectivity index is 1.91. The van der Waals surface area contributed by atoms with Crippen LogP contribution in [0.15, 0.2) is 53.1 Å². The van der Waals surface area contributed by atoms with Gasteiger partial charge in [0.15, 0.2) is 0 Å². The smallest absolute Gasteiger partial charge is 0.323 e. The highest BCUT2D eigenvalue weighted by atomic mass is 79.9. The van der Waals surface area contributed by atoms with E-state index in [4.69, 9.17) is 0 Å². The van der Waals surface area contributed by atoms with Crippen LogP contribution in [0.4, 0.5) is 10.5 Å². The number of amides is 2. The minimum Gasteiger partial charge on any atom is -0.506 e. The number of carbonyl (C=O) groups is 1. The van der Waals surface area contributed by atoms with Gasteiger partial charge in [-0.1, -0.05) is 34.1 Å². The molecule has 0 aromatic heterocycles. The van der Waals surface area contributed by atoms with Crippen molar-refractivity contribution in [1.82, 2.24) is 5.32 Å². The number of hydrogen-bond acceptors (Lipinski definition) is 2. The van der Waals surface area contributed by atoms with Gasteiger partial charge in [-0.3, -0.25) is 0 Å². The summed E-state index contributed by atoms with van der Waals surface area (Å²) < 4.78 is 1.00. The average molecular weight is 347 g/mol. The summed E-state index contributed by atoms with van der Waals surface area (Å²) in [4.78, 5) is 11.7. The van der Waals surface area contributed by atoms with Gasteiger partial charge >= 0.3 is 6.03 Å². The van der Waals surface area contributed by atoms with Gasteiger partial charge in [0.05, 0.1) is 5.69 Å². The molecule has 2 rings (SSSR count). The Morgan fingerprint density at radius 2 is 1.90 bits per heavy atom. The van der Waals surface area contributed by atoms with Gasteiger partial charge in [0.2, 0.25) is 0 Å². The van der Waals surface area contributed by atoms with Crippen LogP contribution in [-0.4, -0.2) is 11.1 Å². The Morgan fingerprint density at radius 3 is 2.57 bits per heavy atom. The average Bonchev–Trinajstić information content (AvgIpc) is 2.44. The van der Waals surface area contributed by atoms with E-state index in [0.717, 1.165) is 15.6 Å². The third-order valence-electron chi connectivity index (χ3n) is 2.76. The Bertz CT molecular complexity index is 666. The molecule has 0 aliphatic heterocycles. The molecule has 0 atom stereocenters. The van der Waals surface area contributed by atoms with E-state index in [0.29, 0.717) is 5.69 Å². The highest BCUT2D eigenvalue weighted by Gasteiger charge is 2.04. The molecule has 0 heterocycles. The molecule has 0 bridgehead atoms. The summed E-state index contributed by atoms with van der Waals surface area (Å²) in [7, 11) is 0. The monoisotopic (exact) mass is 346 g/mol. The molecule has 0 fully saturated rings. The van der Waals surface area contributed by atoms with E-state index in [9.17, 15) is 9.90 Å². The van der Waals surface area contributed by atoms with Gasteiger partial charge in [-0.25, -0.2) is 4.79 Å². The van der Waals surface area contributed by atoms with Gasteiger partial charge in [0.1, 0.15) is 5.75 Å². The van der Waals surface area contributed by atoms with E-state index in [2.05, 4.69) is 26.6 Å². The number of phenolic OH excluding ortho intramolecular Hbond substituents is 1. The van der Waals surface area contributed by atoms with Crippen molar-refractivity contribution >= 4 is 33.7 Å². The maximum atomic E-state index is 11.7. The van der Waals surface area contributed by atoms with Crippen molar-refractivity contribution in [2.45, 2.75) is 6.92 Å². The van der Waals surface area contributed by atoms with Crippen LogP contribution in [-0.2, 0) is 0 Å². The molecule has 0 saturated carbocycles. The van der Waals surface area contributed by atoms with Gasteiger partial charge in [-0.05, 0) is 48.4 Å². The number of carbonyl (C=O) groups excluding carboxylic acids is 1. The van der Waals surface area contributed by atoms with Crippen molar-refractivity contribution in [1.29, 1.82) is 0 Å². The number of phenols is 1. The minimum atomic E-state index is -0.414. The zero-order chi connectivity index (χ0) is 15.2. The lowest BCUT2D eigenvalue weighted by molar-refractivity contribution is 0.255. The van der Waals surface area contributed by atoms with E-state index in [1.54, 1.807) is 24.4 Å². The zero-order valence-electron chi connectivity index (χ0n) is 11.4. The minimum absolute atomic E-state index is 0.0436. The first-order valence-corrected chi connectivity index (χ1v) is 7.13. The molecule has 2 aromatic carbocycles. The highest BCUT2D eigenvalue weighted by Crippen LogP contribution is 2.23. The summed E-state index contributed by atoms with van der Waals surface area (Å²) in [6.45, 7) is 1.87. The lowest BCUT2D eigenvalue weighted by atomic mass is 10.2. The number of hydrogen-bond donors (Lipinski definition) is 3. The molecule has 3 N–H and O–H groups in total. The second-order valence-electron chi connectivity index (χ2n) is 4.50. The SMILES string of the molecule is Cc1ccc(NC(=O)N/C=C/c2ccc(Br)cc2)c(O)c1. The lowest BCUT2D eigenvalue weighted by Gasteiger charge is -2.07. The fraction of sp³-hybridized carbons (Fsp3) is 0.0625. The molecular weight excluding hydrogens is 332 g/mol. The van der Waals surface area contributed by atoms with Gasteiger partial charge in [-0.2, -0.15) is 0 Å². The van der Waals surface area contributed by atoms with Crippen LogP contribution < -0.4 is 10.6 Å². The molecule has 2 amide bonds. The molecule has 0 spiro atoms. The maximum Gasteiger partial charge on any atom is 0.323 e. The second-order valence-corrected chi connectivity index (χ2v) is 5.42. The summed E-state index contributed by atoms with van der Waals surface area (Å²) in [6, 6.07) is 12.3. The molecule has 0 aliphatic rings. The van der Waals surface area contributed by atoms with Crippen molar-refractivity contribution < 1.29 is 9.90 Å². The largest absolute Gasteiger partial charge is 0.506 e. The predicted octanol–water partition coefficient (Wildman–Crippen LogP) is 4.26. The number of aryl methyl sites for hydroxylation is 1. The molecule has 2 aromatic rings. The summed E-state index contributed by atoms with van der Waals surface area (Å²) in [5.74, 6) is 0.0436. The summed E-state index contributed by atoms with van der Waals surface area (Å²) in [6.07, 6.45) is 3.32. The van der Waals surface area contributed by atoms with E-state index in [-0.39, 0.29) is 5.75 Å². The van der Waals surface area contributed by atoms with Crippen LogP contribution in [0.2, 0.25) is 0 Å². The topological polar surface area (TPSA) is 61.4 Å². The van der Waals surface area contributed by atoms with E-state index in [1.165, 1.54) is 0 Å². The first-order chi connectivity index (χ1) is 10.0. The normalized spacial score (nSPS) is 10.6.